The largest absolute Gasteiger partial charge is 0.493 e. The van der Waals surface area contributed by atoms with Crippen molar-refractivity contribution >= 4 is 33.6 Å². The Balaban J connectivity index is 0.000000204. The van der Waals surface area contributed by atoms with E-state index in [2.05, 4.69) is 99.6 Å². The molecule has 1 aliphatic heterocycles. The number of hydrogen-bond acceptors (Lipinski definition) is 2. The third kappa shape index (κ3) is 5.86. The summed E-state index contributed by atoms with van der Waals surface area (Å²) in [5.41, 5.74) is 7.33. The SMILES string of the molecule is CC(C)[N+]1=C=[N+](c2[c-]cc3c4cccnc4n(-c4ccccc4)c3c2)C=C1.Cc1ccc(-c2[c-]cccc2)nc1.[Ir]. The second-order valence-electron chi connectivity index (χ2n) is 9.93. The molecule has 1 aliphatic rings. The van der Waals surface area contributed by atoms with E-state index in [0.29, 0.717) is 6.04 Å². The summed E-state index contributed by atoms with van der Waals surface area (Å²) >= 11 is 0. The molecule has 3 aromatic heterocycles. The Morgan fingerprint density at radius 1 is 0.854 bits per heavy atom. The third-order valence-corrected chi connectivity index (χ3v) is 6.77. The van der Waals surface area contributed by atoms with Crippen molar-refractivity contribution in [3.63, 3.8) is 0 Å². The summed E-state index contributed by atoms with van der Waals surface area (Å²) in [6, 6.07) is 40.9. The molecule has 0 atom stereocenters. The maximum Gasteiger partial charge on any atom is 0.493 e. The van der Waals surface area contributed by atoms with E-state index in [-0.39, 0.29) is 20.1 Å². The molecule has 0 unspecified atom stereocenters. The topological polar surface area (TPSA) is 36.7 Å². The van der Waals surface area contributed by atoms with Crippen molar-refractivity contribution in [3.8, 4) is 16.9 Å². The van der Waals surface area contributed by atoms with Crippen LogP contribution in [0.15, 0.2) is 116 Å². The number of rotatable bonds is 4. The van der Waals surface area contributed by atoms with Crippen molar-refractivity contribution in [2.24, 2.45) is 0 Å². The van der Waals surface area contributed by atoms with E-state index < -0.39 is 0 Å². The Labute approximate surface area is 253 Å². The fraction of sp³-hybridized carbons (Fsp3) is 0.114. The fourth-order valence-corrected chi connectivity index (χ4v) is 4.68. The van der Waals surface area contributed by atoms with Crippen LogP contribution in [0.5, 0.6) is 0 Å². The van der Waals surface area contributed by atoms with Gasteiger partial charge >= 0.3 is 6.01 Å². The minimum absolute atomic E-state index is 0. The van der Waals surface area contributed by atoms with Crippen molar-refractivity contribution in [2.75, 3.05) is 0 Å². The van der Waals surface area contributed by atoms with Gasteiger partial charge in [0.25, 0.3) is 6.20 Å². The van der Waals surface area contributed by atoms with Gasteiger partial charge < -0.3 is 9.55 Å². The van der Waals surface area contributed by atoms with Crippen LogP contribution in [0.3, 0.4) is 0 Å². The Bertz CT molecular complexity index is 1900. The summed E-state index contributed by atoms with van der Waals surface area (Å²) in [5.74, 6) is 0. The molecule has 0 N–H and O–H groups in total. The first-order chi connectivity index (χ1) is 19.6. The summed E-state index contributed by atoms with van der Waals surface area (Å²) in [6.45, 7) is 6.32. The van der Waals surface area contributed by atoms with E-state index in [9.17, 15) is 0 Å². The second-order valence-corrected chi connectivity index (χ2v) is 9.93. The van der Waals surface area contributed by atoms with Crippen LogP contribution in [0.4, 0.5) is 5.69 Å². The zero-order valence-electron chi connectivity index (χ0n) is 23.1. The number of para-hydroxylation sites is 1. The number of fused-ring (bicyclic) bond motifs is 3. The Morgan fingerprint density at radius 2 is 1.68 bits per heavy atom. The van der Waals surface area contributed by atoms with Crippen LogP contribution in [-0.4, -0.2) is 35.7 Å². The van der Waals surface area contributed by atoms with Crippen LogP contribution < -0.4 is 0 Å². The van der Waals surface area contributed by atoms with Crippen LogP contribution in [-0.2, 0) is 20.1 Å². The molecule has 7 rings (SSSR count). The Hall–Kier alpha value is -4.47. The molecule has 41 heavy (non-hydrogen) atoms. The van der Waals surface area contributed by atoms with Crippen LogP contribution in [0.25, 0.3) is 38.9 Å². The zero-order valence-corrected chi connectivity index (χ0v) is 25.5. The summed E-state index contributed by atoms with van der Waals surface area (Å²) in [4.78, 5) is 8.97. The number of aryl methyl sites for hydroxylation is 1. The van der Waals surface area contributed by atoms with Crippen molar-refractivity contribution < 1.29 is 29.3 Å². The molecule has 0 aliphatic carbocycles. The van der Waals surface area contributed by atoms with Gasteiger partial charge in [0.15, 0.2) is 6.04 Å². The predicted octanol–water partition coefficient (Wildman–Crippen LogP) is 7.56. The molecule has 5 nitrogen and oxygen atoms in total. The molecule has 0 bridgehead atoms. The summed E-state index contributed by atoms with van der Waals surface area (Å²) < 4.78 is 6.26. The van der Waals surface area contributed by atoms with E-state index in [1.54, 1.807) is 0 Å². The van der Waals surface area contributed by atoms with Crippen molar-refractivity contribution in [1.29, 1.82) is 0 Å². The molecule has 0 amide bonds. The minimum Gasteiger partial charge on any atom is -0.318 e. The number of aromatic nitrogens is 3. The standard InChI is InChI=1S/C23H19N4.C12H10N.Ir/c1-17(2)25-13-14-26(16-25)19-10-11-20-21-9-6-12-24-23(21)27(22(20)15-19)18-7-4-3-5-8-18;1-10-7-8-12(13-9-10)11-5-3-2-4-6-11;/h3-9,11-15,17H,1-2H3;2-5,7-9H,1H3;/q+1;-1;. The number of hydrogen-bond donors (Lipinski definition) is 0. The maximum atomic E-state index is 4.65. The van der Waals surface area contributed by atoms with E-state index in [1.165, 1.54) is 5.56 Å². The molecule has 4 heterocycles. The third-order valence-electron chi connectivity index (χ3n) is 6.77. The van der Waals surface area contributed by atoms with Crippen molar-refractivity contribution in [2.45, 2.75) is 26.8 Å². The van der Waals surface area contributed by atoms with Gasteiger partial charge in [-0.05, 0) is 61.1 Å². The van der Waals surface area contributed by atoms with Gasteiger partial charge in [0, 0.05) is 38.2 Å². The molecule has 3 aromatic carbocycles. The molecular formula is C35H29IrN5. The van der Waals surface area contributed by atoms with E-state index in [4.69, 9.17) is 0 Å². The molecule has 0 fully saturated rings. The first kappa shape index (κ1) is 28.1. The van der Waals surface area contributed by atoms with Gasteiger partial charge in [-0.1, -0.05) is 57.0 Å². The molecule has 0 spiro atoms. The van der Waals surface area contributed by atoms with Gasteiger partial charge in [-0.3, -0.25) is 0 Å². The van der Waals surface area contributed by atoms with Crippen LogP contribution >= 0.6 is 0 Å². The van der Waals surface area contributed by atoms with Crippen LogP contribution in [0, 0.1) is 19.1 Å². The number of benzene rings is 3. The maximum absolute atomic E-state index is 4.65. The smallest absolute Gasteiger partial charge is 0.318 e. The first-order valence-corrected chi connectivity index (χ1v) is 13.4. The normalized spacial score (nSPS) is 12.1. The average molecular weight is 712 g/mol. The molecule has 0 saturated heterocycles. The first-order valence-electron chi connectivity index (χ1n) is 13.4. The molecule has 203 valence electrons. The van der Waals surface area contributed by atoms with Gasteiger partial charge in [0.1, 0.15) is 11.3 Å². The Kier molecular flexibility index (Phi) is 8.47. The minimum atomic E-state index is 0. The second kappa shape index (κ2) is 12.4. The predicted molar refractivity (Wildman–Crippen MR) is 160 cm³/mol. The monoisotopic (exact) mass is 712 g/mol. The van der Waals surface area contributed by atoms with E-state index in [1.807, 2.05) is 78.8 Å². The van der Waals surface area contributed by atoms with Gasteiger partial charge in [0.05, 0.1) is 0 Å². The van der Waals surface area contributed by atoms with Gasteiger partial charge in [-0.15, -0.1) is 42.0 Å². The molecule has 6 aromatic rings. The van der Waals surface area contributed by atoms with Gasteiger partial charge in [-0.2, -0.15) is 6.07 Å². The van der Waals surface area contributed by atoms with Crippen molar-refractivity contribution in [1.82, 2.24) is 14.5 Å². The summed E-state index contributed by atoms with van der Waals surface area (Å²) in [5, 5.41) is 2.28. The molecular weight excluding hydrogens is 683 g/mol. The summed E-state index contributed by atoms with van der Waals surface area (Å²) in [6.07, 6.45) is 7.77. The average Bonchev–Trinajstić information content (AvgIpc) is 3.62. The molecule has 1 radical (unpaired) electrons. The van der Waals surface area contributed by atoms with E-state index >= 15 is 0 Å². The van der Waals surface area contributed by atoms with Crippen molar-refractivity contribution in [3.05, 3.63) is 133 Å². The Morgan fingerprint density at radius 3 is 2.39 bits per heavy atom. The van der Waals surface area contributed by atoms with Gasteiger partial charge in [-0.25, -0.2) is 4.98 Å². The zero-order chi connectivity index (χ0) is 27.5. The van der Waals surface area contributed by atoms with Crippen LogP contribution in [0.1, 0.15) is 19.4 Å². The summed E-state index contributed by atoms with van der Waals surface area (Å²) in [7, 11) is 0. The number of nitrogens with zero attached hydrogens (tertiary/aromatic N) is 5. The van der Waals surface area contributed by atoms with E-state index in [0.717, 1.165) is 44.6 Å². The molecule has 6 heteroatoms. The van der Waals surface area contributed by atoms with Crippen LogP contribution in [0.2, 0.25) is 0 Å². The van der Waals surface area contributed by atoms with Gasteiger partial charge in [0.2, 0.25) is 6.20 Å². The molecule has 0 saturated carbocycles. The fourth-order valence-electron chi connectivity index (χ4n) is 4.68. The number of pyridine rings is 2. The quantitative estimate of drug-likeness (QED) is 0.140.